The highest BCUT2D eigenvalue weighted by Crippen LogP contribution is 2.70. The van der Waals surface area contributed by atoms with Crippen molar-refractivity contribution in [1.82, 2.24) is 4.98 Å². The topological polar surface area (TPSA) is 56.2 Å². The van der Waals surface area contributed by atoms with Crippen LogP contribution >= 0.6 is 7.14 Å². The maximum Gasteiger partial charge on any atom is 0.214 e. The molecule has 1 atom stereocenters. The van der Waals surface area contributed by atoms with Crippen molar-refractivity contribution >= 4 is 23.3 Å². The number of aromatic nitrogens is 1. The molecule has 2 bridgehead atoms. The molecule has 0 spiro atoms. The van der Waals surface area contributed by atoms with Gasteiger partial charge < -0.3 is 13.4 Å². The molecule has 0 N–H and O–H groups in total. The molecular weight excluding hydrogens is 261 g/mol. The van der Waals surface area contributed by atoms with Crippen LogP contribution < -0.4 is 16.1 Å². The van der Waals surface area contributed by atoms with E-state index >= 15 is 0 Å². The van der Waals surface area contributed by atoms with Crippen LogP contribution in [0.1, 0.15) is 45.3 Å². The SMILES string of the molecule is CC(C)Cc1oc(C(C)C)nc1-c1oc2c3c1P23=O. The van der Waals surface area contributed by atoms with Gasteiger partial charge in [0.15, 0.2) is 17.2 Å². The summed E-state index contributed by atoms with van der Waals surface area (Å²) in [6.07, 6.45) is 0.824. The van der Waals surface area contributed by atoms with Gasteiger partial charge in [-0.2, -0.15) is 0 Å². The van der Waals surface area contributed by atoms with E-state index in [-0.39, 0.29) is 5.92 Å². The lowest BCUT2D eigenvalue weighted by atomic mass is 10.1. The third-order valence-electron chi connectivity index (χ3n) is 3.67. The number of furan rings is 1. The first-order valence-corrected chi connectivity index (χ1v) is 8.43. The van der Waals surface area contributed by atoms with Gasteiger partial charge in [-0.15, -0.1) is 0 Å². The molecule has 5 rings (SSSR count). The summed E-state index contributed by atoms with van der Waals surface area (Å²) in [6.45, 7) is 8.40. The Morgan fingerprint density at radius 3 is 2.32 bits per heavy atom. The predicted molar refractivity (Wildman–Crippen MR) is 73.3 cm³/mol. The Balaban J connectivity index is 1.81. The van der Waals surface area contributed by atoms with Crippen molar-refractivity contribution in [2.75, 3.05) is 0 Å². The van der Waals surface area contributed by atoms with Crippen LogP contribution in [0.25, 0.3) is 11.5 Å². The molecular formula is C14H16NO3P. The Kier molecular flexibility index (Phi) is 1.97. The minimum Gasteiger partial charge on any atom is -0.449 e. The van der Waals surface area contributed by atoms with Crippen LogP contribution in [0.3, 0.4) is 0 Å². The van der Waals surface area contributed by atoms with Gasteiger partial charge in [0.05, 0.1) is 10.6 Å². The summed E-state index contributed by atoms with van der Waals surface area (Å²) in [6, 6.07) is 0. The Hall–Kier alpha value is -1.28. The van der Waals surface area contributed by atoms with Gasteiger partial charge in [-0.25, -0.2) is 4.98 Å². The summed E-state index contributed by atoms with van der Waals surface area (Å²) in [5, 5.41) is 1.91. The van der Waals surface area contributed by atoms with Crippen molar-refractivity contribution in [2.45, 2.75) is 40.0 Å². The minimum atomic E-state index is -2.17. The summed E-state index contributed by atoms with van der Waals surface area (Å²) < 4.78 is 23.6. The zero-order chi connectivity index (χ0) is 13.5. The van der Waals surface area contributed by atoms with E-state index in [1.54, 1.807) is 0 Å². The Labute approximate surface area is 111 Å². The Morgan fingerprint density at radius 2 is 1.84 bits per heavy atom. The van der Waals surface area contributed by atoms with Crippen molar-refractivity contribution in [3.8, 4) is 11.5 Å². The van der Waals surface area contributed by atoms with E-state index in [0.29, 0.717) is 11.7 Å². The number of oxazole rings is 1. The fraction of sp³-hybridized carbons (Fsp3) is 0.500. The van der Waals surface area contributed by atoms with Gasteiger partial charge in [0.1, 0.15) is 11.5 Å². The first-order chi connectivity index (χ1) is 8.94. The molecule has 5 heteroatoms. The Morgan fingerprint density at radius 1 is 1.16 bits per heavy atom. The van der Waals surface area contributed by atoms with Gasteiger partial charge in [0.25, 0.3) is 0 Å². The molecule has 0 radical (unpaired) electrons. The zero-order valence-corrected chi connectivity index (χ0v) is 12.4. The second kappa shape index (κ2) is 3.24. The molecule has 3 aliphatic rings. The maximum atomic E-state index is 12.1. The van der Waals surface area contributed by atoms with Crippen LogP contribution in [0, 0.1) is 5.92 Å². The highest BCUT2D eigenvalue weighted by Gasteiger charge is 2.75. The number of hydrogen-bond acceptors (Lipinski definition) is 4. The normalized spacial score (nSPS) is 22.2. The molecule has 5 heterocycles. The number of rotatable bonds is 4. The summed E-state index contributed by atoms with van der Waals surface area (Å²) in [7, 11) is -2.17. The van der Waals surface area contributed by atoms with Gasteiger partial charge in [-0.3, -0.25) is 0 Å². The maximum absolute atomic E-state index is 12.1. The molecule has 100 valence electrons. The number of hydrogen-bond donors (Lipinski definition) is 0. The van der Waals surface area contributed by atoms with E-state index in [4.69, 9.17) is 8.83 Å². The third kappa shape index (κ3) is 1.30. The van der Waals surface area contributed by atoms with Crippen LogP contribution in [0.2, 0.25) is 0 Å². The molecule has 4 nitrogen and oxygen atoms in total. The molecule has 2 aromatic rings. The molecule has 1 unspecified atom stereocenters. The van der Waals surface area contributed by atoms with E-state index in [1.165, 1.54) is 0 Å². The molecule has 19 heavy (non-hydrogen) atoms. The minimum absolute atomic E-state index is 0.241. The van der Waals surface area contributed by atoms with Gasteiger partial charge in [-0.05, 0) is 5.92 Å². The van der Waals surface area contributed by atoms with E-state index < -0.39 is 7.14 Å². The van der Waals surface area contributed by atoms with Crippen LogP contribution in [0.5, 0.6) is 0 Å². The number of fused-ring (bicyclic) bond motifs is 1. The molecule has 0 amide bonds. The lowest BCUT2D eigenvalue weighted by molar-refractivity contribution is 0.417. The van der Waals surface area contributed by atoms with Gasteiger partial charge >= 0.3 is 0 Å². The zero-order valence-electron chi connectivity index (χ0n) is 11.5. The lowest BCUT2D eigenvalue weighted by Crippen LogP contribution is -1.99. The smallest absolute Gasteiger partial charge is 0.214 e. The number of nitrogens with zero attached hydrogens (tertiary/aromatic N) is 1. The molecule has 0 aromatic carbocycles. The second-order valence-electron chi connectivity index (χ2n) is 6.12. The summed E-state index contributed by atoms with van der Waals surface area (Å²) >= 11 is 0. The summed E-state index contributed by atoms with van der Waals surface area (Å²) in [5.74, 6) is 3.03. The first kappa shape index (κ1) is 11.5. The third-order valence-corrected chi connectivity index (χ3v) is 6.23. The van der Waals surface area contributed by atoms with Gasteiger partial charge in [-0.1, -0.05) is 27.7 Å². The average molecular weight is 277 g/mol. The predicted octanol–water partition coefficient (Wildman–Crippen LogP) is 2.52. The molecule has 0 fully saturated rings. The van der Waals surface area contributed by atoms with Crippen molar-refractivity contribution in [3.63, 3.8) is 0 Å². The quantitative estimate of drug-likeness (QED) is 0.538. The highest BCUT2D eigenvalue weighted by molar-refractivity contribution is 8.06. The van der Waals surface area contributed by atoms with E-state index in [0.717, 1.165) is 39.9 Å². The Bertz CT molecular complexity index is 742. The molecule has 0 saturated heterocycles. The van der Waals surface area contributed by atoms with E-state index in [1.807, 2.05) is 0 Å². The van der Waals surface area contributed by atoms with Crippen LogP contribution in [0.15, 0.2) is 8.83 Å². The van der Waals surface area contributed by atoms with E-state index in [9.17, 15) is 4.57 Å². The molecule has 3 aliphatic heterocycles. The van der Waals surface area contributed by atoms with Crippen molar-refractivity contribution in [1.29, 1.82) is 0 Å². The fourth-order valence-electron chi connectivity index (χ4n) is 2.56. The fourth-order valence-corrected chi connectivity index (χ4v) is 5.05. The van der Waals surface area contributed by atoms with Crippen molar-refractivity contribution in [3.05, 3.63) is 11.7 Å². The summed E-state index contributed by atoms with van der Waals surface area (Å²) in [5.41, 5.74) is 1.50. The molecule has 0 saturated carbocycles. The summed E-state index contributed by atoms with van der Waals surface area (Å²) in [4.78, 5) is 4.57. The van der Waals surface area contributed by atoms with Crippen LogP contribution in [0.4, 0.5) is 0 Å². The highest BCUT2D eigenvalue weighted by atomic mass is 31.2. The molecule has 2 aromatic heterocycles. The van der Waals surface area contributed by atoms with Crippen LogP contribution in [-0.2, 0) is 11.0 Å². The monoisotopic (exact) mass is 277 g/mol. The van der Waals surface area contributed by atoms with Gasteiger partial charge in [0, 0.05) is 12.3 Å². The lowest BCUT2D eigenvalue weighted by Gasteiger charge is -2.01. The van der Waals surface area contributed by atoms with Crippen LogP contribution in [-0.4, -0.2) is 4.98 Å². The van der Waals surface area contributed by atoms with Crippen molar-refractivity contribution in [2.24, 2.45) is 5.92 Å². The standard InChI is InChI=1S/C14H16NO3P/c1-6(2)5-8-9(15-13(17-8)7(3)4)10-11-12-14(18-10)19(11,12)16/h6-7H,5H2,1-4H3. The first-order valence-electron chi connectivity index (χ1n) is 6.73. The largest absolute Gasteiger partial charge is 0.449 e. The van der Waals surface area contributed by atoms with Gasteiger partial charge in [0.2, 0.25) is 7.14 Å². The van der Waals surface area contributed by atoms with E-state index in [2.05, 4.69) is 32.7 Å². The van der Waals surface area contributed by atoms with Crippen molar-refractivity contribution < 1.29 is 13.4 Å². The average Bonchev–Trinajstić information content (AvgIpc) is 2.89. The molecule has 0 aliphatic carbocycles. The second-order valence-corrected chi connectivity index (χ2v) is 8.64.